The summed E-state index contributed by atoms with van der Waals surface area (Å²) in [6.45, 7) is 2.16. The molecule has 0 spiro atoms. The number of aromatic hydroxyl groups is 1. The lowest BCUT2D eigenvalue weighted by Gasteiger charge is -2.02. The van der Waals surface area contributed by atoms with Gasteiger partial charge in [0.1, 0.15) is 5.75 Å². The summed E-state index contributed by atoms with van der Waals surface area (Å²) in [6.07, 6.45) is 0. The van der Waals surface area contributed by atoms with Crippen molar-refractivity contribution in [2.45, 2.75) is 11.8 Å². The van der Waals surface area contributed by atoms with Crippen LogP contribution in [0, 0.1) is 0 Å². The lowest BCUT2D eigenvalue weighted by Crippen LogP contribution is -1.84. The average molecular weight is 214 g/mol. The van der Waals surface area contributed by atoms with Crippen LogP contribution < -0.4 is 0 Å². The van der Waals surface area contributed by atoms with Gasteiger partial charge in [-0.15, -0.1) is 11.8 Å². The molecule has 0 aliphatic heterocycles. The summed E-state index contributed by atoms with van der Waals surface area (Å²) >= 11 is 3.65. The Hall–Kier alpha value is -0.280. The lowest BCUT2D eigenvalue weighted by molar-refractivity contribution is 0.462. The zero-order chi connectivity index (χ0) is 9.52. The van der Waals surface area contributed by atoms with Crippen LogP contribution in [0.1, 0.15) is 6.92 Å². The van der Waals surface area contributed by atoms with E-state index in [0.29, 0.717) is 5.75 Å². The van der Waals surface area contributed by atoms with Gasteiger partial charge in [0.2, 0.25) is 0 Å². The minimum atomic E-state index is 0.397. The second kappa shape index (κ2) is 6.22. The third-order valence-electron chi connectivity index (χ3n) is 1.55. The van der Waals surface area contributed by atoms with Gasteiger partial charge in [-0.05, 0) is 17.9 Å². The molecule has 13 heavy (non-hydrogen) atoms. The fraction of sp³-hybridized carbons (Fsp3) is 0.400. The molecule has 0 bridgehead atoms. The molecule has 0 saturated carbocycles. The number of hydrogen-bond donors (Lipinski definition) is 1. The van der Waals surface area contributed by atoms with Crippen LogP contribution in [0.15, 0.2) is 29.2 Å². The molecule has 0 aromatic heterocycles. The number of rotatable bonds is 5. The molecule has 0 unspecified atom stereocenters. The van der Waals surface area contributed by atoms with Crippen molar-refractivity contribution in [3.8, 4) is 5.75 Å². The van der Waals surface area contributed by atoms with Crippen LogP contribution in [0.4, 0.5) is 0 Å². The van der Waals surface area contributed by atoms with E-state index in [-0.39, 0.29) is 0 Å². The van der Waals surface area contributed by atoms with Gasteiger partial charge in [-0.1, -0.05) is 19.1 Å². The van der Waals surface area contributed by atoms with E-state index in [1.807, 2.05) is 30.0 Å². The van der Waals surface area contributed by atoms with Crippen LogP contribution in [0.2, 0.25) is 0 Å². The highest BCUT2D eigenvalue weighted by Gasteiger charge is 1.98. The average Bonchev–Trinajstić information content (AvgIpc) is 2.15. The first-order chi connectivity index (χ1) is 6.34. The van der Waals surface area contributed by atoms with Gasteiger partial charge < -0.3 is 5.11 Å². The summed E-state index contributed by atoms with van der Waals surface area (Å²) in [5, 5.41) is 9.44. The van der Waals surface area contributed by atoms with Gasteiger partial charge in [-0.2, -0.15) is 11.8 Å². The maximum atomic E-state index is 9.44. The van der Waals surface area contributed by atoms with Crippen molar-refractivity contribution < 1.29 is 5.11 Å². The highest BCUT2D eigenvalue weighted by Crippen LogP contribution is 2.27. The number of thioether (sulfide) groups is 2. The molecule has 0 radical (unpaired) electrons. The van der Waals surface area contributed by atoms with Crippen LogP contribution in [-0.4, -0.2) is 22.4 Å². The molecular weight excluding hydrogens is 200 g/mol. The molecular formula is C10H14OS2. The third kappa shape index (κ3) is 3.96. The molecule has 1 rings (SSSR count). The quantitative estimate of drug-likeness (QED) is 0.600. The van der Waals surface area contributed by atoms with E-state index in [1.165, 1.54) is 5.75 Å². The van der Waals surface area contributed by atoms with Crippen LogP contribution >= 0.6 is 23.5 Å². The van der Waals surface area contributed by atoms with Gasteiger partial charge in [-0.3, -0.25) is 0 Å². The first-order valence-electron chi connectivity index (χ1n) is 4.33. The van der Waals surface area contributed by atoms with E-state index in [0.717, 1.165) is 16.4 Å². The Morgan fingerprint density at radius 1 is 1.23 bits per heavy atom. The topological polar surface area (TPSA) is 20.2 Å². The Balaban J connectivity index is 2.32. The monoisotopic (exact) mass is 214 g/mol. The molecule has 1 aromatic rings. The third-order valence-corrected chi connectivity index (χ3v) is 3.78. The molecule has 1 aromatic carbocycles. The van der Waals surface area contributed by atoms with Crippen molar-refractivity contribution in [1.82, 2.24) is 0 Å². The molecule has 0 heterocycles. The van der Waals surface area contributed by atoms with Crippen LogP contribution in [0.25, 0.3) is 0 Å². The Morgan fingerprint density at radius 2 is 2.00 bits per heavy atom. The Morgan fingerprint density at radius 3 is 2.69 bits per heavy atom. The molecule has 0 saturated heterocycles. The second-order valence-electron chi connectivity index (χ2n) is 2.51. The Kier molecular flexibility index (Phi) is 5.16. The summed E-state index contributed by atoms with van der Waals surface area (Å²) in [6, 6.07) is 7.49. The van der Waals surface area contributed by atoms with Crippen LogP contribution in [0.3, 0.4) is 0 Å². The number of hydrogen-bond acceptors (Lipinski definition) is 3. The van der Waals surface area contributed by atoms with Crippen molar-refractivity contribution >= 4 is 23.5 Å². The number of benzene rings is 1. The van der Waals surface area contributed by atoms with Crippen LogP contribution in [-0.2, 0) is 0 Å². The van der Waals surface area contributed by atoms with E-state index in [4.69, 9.17) is 0 Å². The summed E-state index contributed by atoms with van der Waals surface area (Å²) in [5.41, 5.74) is 0. The molecule has 1 nitrogen and oxygen atoms in total. The fourth-order valence-corrected chi connectivity index (χ4v) is 2.64. The smallest absolute Gasteiger partial charge is 0.129 e. The molecule has 0 aliphatic carbocycles. The van der Waals surface area contributed by atoms with Crippen molar-refractivity contribution in [3.63, 3.8) is 0 Å². The van der Waals surface area contributed by atoms with Gasteiger partial charge in [0, 0.05) is 16.4 Å². The van der Waals surface area contributed by atoms with Gasteiger partial charge >= 0.3 is 0 Å². The van der Waals surface area contributed by atoms with Crippen molar-refractivity contribution in [1.29, 1.82) is 0 Å². The number of para-hydroxylation sites is 1. The van der Waals surface area contributed by atoms with Gasteiger partial charge in [0.25, 0.3) is 0 Å². The highest BCUT2D eigenvalue weighted by molar-refractivity contribution is 8.03. The SMILES string of the molecule is CCSCCSc1ccccc1O. The lowest BCUT2D eigenvalue weighted by atomic mass is 10.3. The Bertz CT molecular complexity index is 250. The largest absolute Gasteiger partial charge is 0.507 e. The molecule has 0 amide bonds. The first kappa shape index (κ1) is 10.8. The molecule has 72 valence electrons. The maximum Gasteiger partial charge on any atom is 0.129 e. The zero-order valence-corrected chi connectivity index (χ0v) is 9.33. The van der Waals surface area contributed by atoms with Crippen molar-refractivity contribution in [2.75, 3.05) is 17.3 Å². The van der Waals surface area contributed by atoms with E-state index in [2.05, 4.69) is 6.92 Å². The van der Waals surface area contributed by atoms with Gasteiger partial charge in [-0.25, -0.2) is 0 Å². The maximum absolute atomic E-state index is 9.44. The van der Waals surface area contributed by atoms with Gasteiger partial charge in [0.15, 0.2) is 0 Å². The van der Waals surface area contributed by atoms with E-state index in [1.54, 1.807) is 17.8 Å². The molecule has 3 heteroatoms. The zero-order valence-electron chi connectivity index (χ0n) is 7.69. The standard InChI is InChI=1S/C10H14OS2/c1-2-12-7-8-13-10-6-4-3-5-9(10)11/h3-6,11H,2,7-8H2,1H3. The number of phenolic OH excluding ortho intramolecular Hbond substituents is 1. The predicted molar refractivity (Wildman–Crippen MR) is 61.8 cm³/mol. The summed E-state index contributed by atoms with van der Waals surface area (Å²) in [4.78, 5) is 0.985. The summed E-state index contributed by atoms with van der Waals surface area (Å²) in [5.74, 6) is 3.78. The minimum Gasteiger partial charge on any atom is -0.507 e. The second-order valence-corrected chi connectivity index (χ2v) is 5.04. The van der Waals surface area contributed by atoms with Gasteiger partial charge in [0.05, 0.1) is 0 Å². The van der Waals surface area contributed by atoms with E-state index >= 15 is 0 Å². The minimum absolute atomic E-state index is 0.397. The van der Waals surface area contributed by atoms with Crippen molar-refractivity contribution in [3.05, 3.63) is 24.3 Å². The molecule has 0 fully saturated rings. The normalized spacial score (nSPS) is 10.2. The fourth-order valence-electron chi connectivity index (χ4n) is 0.934. The predicted octanol–water partition coefficient (Wildman–Crippen LogP) is 3.24. The first-order valence-corrected chi connectivity index (χ1v) is 6.47. The Labute approximate surface area is 87.9 Å². The van der Waals surface area contributed by atoms with E-state index in [9.17, 15) is 5.11 Å². The number of phenols is 1. The summed E-state index contributed by atoms with van der Waals surface area (Å²) < 4.78 is 0. The van der Waals surface area contributed by atoms with E-state index < -0.39 is 0 Å². The highest BCUT2D eigenvalue weighted by atomic mass is 32.2. The summed E-state index contributed by atoms with van der Waals surface area (Å²) in [7, 11) is 0. The molecule has 1 N–H and O–H groups in total. The molecule has 0 aliphatic rings. The molecule has 0 atom stereocenters. The van der Waals surface area contributed by atoms with Crippen molar-refractivity contribution in [2.24, 2.45) is 0 Å². The van der Waals surface area contributed by atoms with Crippen LogP contribution in [0.5, 0.6) is 5.75 Å².